The lowest BCUT2D eigenvalue weighted by atomic mass is 9.97. The summed E-state index contributed by atoms with van der Waals surface area (Å²) in [6.45, 7) is 5.93. The van der Waals surface area contributed by atoms with Crippen molar-refractivity contribution in [2.45, 2.75) is 38.8 Å². The fraction of sp³-hybridized carbons (Fsp3) is 0.625. The first-order valence-electron chi connectivity index (χ1n) is 7.29. The van der Waals surface area contributed by atoms with Crippen molar-refractivity contribution in [1.82, 2.24) is 5.32 Å². The van der Waals surface area contributed by atoms with Gasteiger partial charge in [0.2, 0.25) is 0 Å². The fourth-order valence-electron chi connectivity index (χ4n) is 2.60. The van der Waals surface area contributed by atoms with Crippen LogP contribution in [-0.4, -0.2) is 26.4 Å². The molecule has 2 atom stereocenters. The van der Waals surface area contributed by atoms with E-state index in [1.54, 1.807) is 7.11 Å². The first-order valence-corrected chi connectivity index (χ1v) is 7.29. The molecule has 0 heterocycles. The van der Waals surface area contributed by atoms with E-state index >= 15 is 0 Å². The third-order valence-electron chi connectivity index (χ3n) is 3.65. The second kappa shape index (κ2) is 6.92. The molecule has 2 rings (SSSR count). The molecule has 19 heavy (non-hydrogen) atoms. The monoisotopic (exact) mass is 263 g/mol. The molecule has 0 amide bonds. The van der Waals surface area contributed by atoms with Gasteiger partial charge in [0.25, 0.3) is 0 Å². The van der Waals surface area contributed by atoms with Crippen LogP contribution in [0.2, 0.25) is 0 Å². The molecule has 3 heteroatoms. The van der Waals surface area contributed by atoms with Gasteiger partial charge in [-0.2, -0.15) is 0 Å². The van der Waals surface area contributed by atoms with Crippen molar-refractivity contribution in [2.75, 3.05) is 20.3 Å². The fourth-order valence-corrected chi connectivity index (χ4v) is 2.60. The molecule has 0 radical (unpaired) electrons. The molecule has 2 unspecified atom stereocenters. The van der Waals surface area contributed by atoms with Gasteiger partial charge >= 0.3 is 0 Å². The summed E-state index contributed by atoms with van der Waals surface area (Å²) < 4.78 is 11.3. The van der Waals surface area contributed by atoms with Crippen molar-refractivity contribution in [1.29, 1.82) is 0 Å². The molecular weight excluding hydrogens is 238 g/mol. The van der Waals surface area contributed by atoms with E-state index in [2.05, 4.69) is 37.4 Å². The Morgan fingerprint density at radius 1 is 1.32 bits per heavy atom. The van der Waals surface area contributed by atoms with E-state index < -0.39 is 0 Å². The van der Waals surface area contributed by atoms with Crippen molar-refractivity contribution < 1.29 is 9.47 Å². The van der Waals surface area contributed by atoms with Crippen LogP contribution in [0.4, 0.5) is 0 Å². The Morgan fingerprint density at radius 2 is 2.11 bits per heavy atom. The van der Waals surface area contributed by atoms with Crippen LogP contribution in [0.5, 0.6) is 5.75 Å². The van der Waals surface area contributed by atoms with Gasteiger partial charge in [0.05, 0.1) is 19.3 Å². The molecule has 1 N–H and O–H groups in total. The lowest BCUT2D eigenvalue weighted by molar-refractivity contribution is 0.0189. The van der Waals surface area contributed by atoms with Crippen LogP contribution in [0.3, 0.4) is 0 Å². The smallest absolute Gasteiger partial charge is 0.119 e. The first-order chi connectivity index (χ1) is 9.30. The minimum Gasteiger partial charge on any atom is -0.497 e. The van der Waals surface area contributed by atoms with Gasteiger partial charge in [0, 0.05) is 6.61 Å². The van der Waals surface area contributed by atoms with E-state index in [1.807, 2.05) is 6.07 Å². The van der Waals surface area contributed by atoms with Crippen LogP contribution in [0.1, 0.15) is 38.3 Å². The molecule has 1 aliphatic rings. The maximum absolute atomic E-state index is 6.01. The van der Waals surface area contributed by atoms with E-state index in [4.69, 9.17) is 9.47 Å². The molecule has 0 spiro atoms. The number of nitrogens with one attached hydrogen (secondary N) is 1. The van der Waals surface area contributed by atoms with Gasteiger partial charge in [-0.15, -0.1) is 0 Å². The molecule has 1 aliphatic carbocycles. The maximum Gasteiger partial charge on any atom is 0.119 e. The number of rotatable bonds is 8. The summed E-state index contributed by atoms with van der Waals surface area (Å²) in [5, 5.41) is 3.58. The van der Waals surface area contributed by atoms with E-state index in [0.717, 1.165) is 18.9 Å². The number of hydrogen-bond donors (Lipinski definition) is 1. The zero-order valence-electron chi connectivity index (χ0n) is 12.2. The van der Waals surface area contributed by atoms with Gasteiger partial charge in [0.1, 0.15) is 5.75 Å². The van der Waals surface area contributed by atoms with Gasteiger partial charge in [0.15, 0.2) is 0 Å². The molecule has 1 fully saturated rings. The zero-order valence-corrected chi connectivity index (χ0v) is 12.2. The Balaban J connectivity index is 2.20. The van der Waals surface area contributed by atoms with Crippen molar-refractivity contribution in [3.05, 3.63) is 29.8 Å². The molecule has 0 saturated heterocycles. The van der Waals surface area contributed by atoms with Crippen LogP contribution in [-0.2, 0) is 4.74 Å². The molecule has 1 aromatic carbocycles. The predicted molar refractivity (Wildman–Crippen MR) is 77.5 cm³/mol. The number of hydrogen-bond acceptors (Lipinski definition) is 3. The quantitative estimate of drug-likeness (QED) is 0.781. The third kappa shape index (κ3) is 3.71. The zero-order chi connectivity index (χ0) is 13.7. The third-order valence-corrected chi connectivity index (χ3v) is 3.65. The predicted octanol–water partition coefficient (Wildman–Crippen LogP) is 3.16. The van der Waals surface area contributed by atoms with E-state index in [9.17, 15) is 0 Å². The van der Waals surface area contributed by atoms with Crippen molar-refractivity contribution >= 4 is 0 Å². The van der Waals surface area contributed by atoms with Gasteiger partial charge in [-0.3, -0.25) is 0 Å². The molecule has 0 aromatic heterocycles. The number of likely N-dealkylation sites (N-methyl/N-ethyl adjacent to an activating group) is 1. The highest BCUT2D eigenvalue weighted by molar-refractivity contribution is 5.31. The summed E-state index contributed by atoms with van der Waals surface area (Å²) in [6.07, 6.45) is 2.85. The molecule has 1 aromatic rings. The van der Waals surface area contributed by atoms with Crippen molar-refractivity contribution in [2.24, 2.45) is 5.92 Å². The lowest BCUT2D eigenvalue weighted by Crippen LogP contribution is -2.35. The highest BCUT2D eigenvalue weighted by atomic mass is 16.5. The number of ether oxygens (including phenoxy) is 2. The molecule has 3 nitrogen and oxygen atoms in total. The van der Waals surface area contributed by atoms with Gasteiger partial charge in [-0.25, -0.2) is 0 Å². The Kier molecular flexibility index (Phi) is 5.23. The molecule has 0 bridgehead atoms. The average molecular weight is 263 g/mol. The Morgan fingerprint density at radius 3 is 2.68 bits per heavy atom. The SMILES string of the molecule is CCNC(c1cccc(OC)c1)C(OCC)C1CC1. The molecule has 1 saturated carbocycles. The van der Waals surface area contributed by atoms with Crippen molar-refractivity contribution in [3.8, 4) is 5.75 Å². The molecule has 106 valence electrons. The average Bonchev–Trinajstić information content (AvgIpc) is 3.27. The topological polar surface area (TPSA) is 30.5 Å². The second-order valence-electron chi connectivity index (χ2n) is 5.07. The van der Waals surface area contributed by atoms with E-state index in [0.29, 0.717) is 5.92 Å². The summed E-state index contributed by atoms with van der Waals surface area (Å²) in [5.74, 6) is 1.61. The van der Waals surface area contributed by atoms with Gasteiger partial charge in [-0.05, 0) is 49.9 Å². The van der Waals surface area contributed by atoms with Gasteiger partial charge < -0.3 is 14.8 Å². The van der Waals surface area contributed by atoms with Crippen LogP contribution in [0.25, 0.3) is 0 Å². The maximum atomic E-state index is 6.01. The van der Waals surface area contributed by atoms with E-state index in [1.165, 1.54) is 18.4 Å². The Bertz CT molecular complexity index is 390. The summed E-state index contributed by atoms with van der Waals surface area (Å²) in [4.78, 5) is 0. The number of benzene rings is 1. The first kappa shape index (κ1) is 14.4. The molecule has 0 aliphatic heterocycles. The normalized spacial score (nSPS) is 18.1. The minimum absolute atomic E-state index is 0.257. The summed E-state index contributed by atoms with van der Waals surface area (Å²) in [7, 11) is 1.71. The van der Waals surface area contributed by atoms with Crippen LogP contribution in [0, 0.1) is 5.92 Å². The summed E-state index contributed by atoms with van der Waals surface area (Å²) >= 11 is 0. The standard InChI is InChI=1S/C16H25NO2/c1-4-17-15(16(19-5-2)12-9-10-12)13-7-6-8-14(11-13)18-3/h6-8,11-12,15-17H,4-5,9-10H2,1-3H3. The summed E-state index contributed by atoms with van der Waals surface area (Å²) in [6, 6.07) is 8.56. The largest absolute Gasteiger partial charge is 0.497 e. The summed E-state index contributed by atoms with van der Waals surface area (Å²) in [5.41, 5.74) is 1.26. The van der Waals surface area contributed by atoms with Crippen molar-refractivity contribution in [3.63, 3.8) is 0 Å². The van der Waals surface area contributed by atoms with Gasteiger partial charge in [-0.1, -0.05) is 19.1 Å². The molecular formula is C16H25NO2. The number of methoxy groups -OCH3 is 1. The highest BCUT2D eigenvalue weighted by Gasteiger charge is 2.37. The van der Waals surface area contributed by atoms with Crippen LogP contribution in [0.15, 0.2) is 24.3 Å². The Labute approximate surface area is 116 Å². The van der Waals surface area contributed by atoms with Crippen LogP contribution < -0.4 is 10.1 Å². The Hall–Kier alpha value is -1.06. The van der Waals surface area contributed by atoms with Crippen LogP contribution >= 0.6 is 0 Å². The highest BCUT2D eigenvalue weighted by Crippen LogP contribution is 2.40. The second-order valence-corrected chi connectivity index (χ2v) is 5.07. The lowest BCUT2D eigenvalue weighted by Gasteiger charge is -2.28. The van der Waals surface area contributed by atoms with E-state index in [-0.39, 0.29) is 12.1 Å². The minimum atomic E-state index is 0.257.